The Balaban J connectivity index is 2.01. The molecule has 1 heterocycles. The number of halogens is 1. The summed E-state index contributed by atoms with van der Waals surface area (Å²) in [5.41, 5.74) is 3.99. The minimum absolute atomic E-state index is 0.149. The highest BCUT2D eigenvalue weighted by molar-refractivity contribution is 7.09. The third kappa shape index (κ3) is 3.54. The van der Waals surface area contributed by atoms with Crippen molar-refractivity contribution in [1.82, 2.24) is 5.43 Å². The van der Waals surface area contributed by atoms with Gasteiger partial charge in [0, 0.05) is 15.9 Å². The van der Waals surface area contributed by atoms with E-state index < -0.39 is 0 Å². The van der Waals surface area contributed by atoms with Gasteiger partial charge >= 0.3 is 0 Å². The molecule has 2 rings (SSSR count). The summed E-state index contributed by atoms with van der Waals surface area (Å²) >= 11 is 7.76. The van der Waals surface area contributed by atoms with Gasteiger partial charge in [0.05, 0.1) is 0 Å². The van der Waals surface area contributed by atoms with Crippen molar-refractivity contribution >= 4 is 22.9 Å². The molecule has 1 atom stereocenters. The lowest BCUT2D eigenvalue weighted by Gasteiger charge is -2.16. The highest BCUT2D eigenvalue weighted by atomic mass is 35.5. The fourth-order valence-corrected chi connectivity index (χ4v) is 2.73. The molecular weight excluding hydrogens is 252 g/mol. The van der Waals surface area contributed by atoms with Crippen LogP contribution in [0.4, 0.5) is 0 Å². The van der Waals surface area contributed by atoms with Gasteiger partial charge in [-0.1, -0.05) is 29.8 Å². The Kier molecular flexibility index (Phi) is 4.57. The largest absolute Gasteiger partial charge is 0.271 e. The molecule has 2 aromatic rings. The van der Waals surface area contributed by atoms with E-state index in [1.807, 2.05) is 24.3 Å². The number of hydrazine groups is 1. The normalized spacial score (nSPS) is 12.6. The van der Waals surface area contributed by atoms with Crippen molar-refractivity contribution in [3.8, 4) is 0 Å². The van der Waals surface area contributed by atoms with E-state index in [-0.39, 0.29) is 6.04 Å². The van der Waals surface area contributed by atoms with Crippen LogP contribution in [0.3, 0.4) is 0 Å². The lowest BCUT2D eigenvalue weighted by Crippen LogP contribution is -2.28. The quantitative estimate of drug-likeness (QED) is 0.642. The Labute approximate surface area is 110 Å². The van der Waals surface area contributed by atoms with E-state index in [0.29, 0.717) is 0 Å². The van der Waals surface area contributed by atoms with E-state index in [1.54, 1.807) is 11.3 Å². The molecule has 90 valence electrons. The molecule has 4 heteroatoms. The van der Waals surface area contributed by atoms with Gasteiger partial charge in [0.2, 0.25) is 0 Å². The van der Waals surface area contributed by atoms with E-state index >= 15 is 0 Å². The molecule has 0 aliphatic heterocycles. The molecule has 1 aromatic carbocycles. The van der Waals surface area contributed by atoms with Crippen molar-refractivity contribution in [2.45, 2.75) is 18.9 Å². The summed E-state index contributed by atoms with van der Waals surface area (Å²) in [4.78, 5) is 1.38. The van der Waals surface area contributed by atoms with Crippen LogP contribution < -0.4 is 11.3 Å². The number of nitrogens with one attached hydrogen (secondary N) is 1. The van der Waals surface area contributed by atoms with Gasteiger partial charge in [-0.3, -0.25) is 11.3 Å². The topological polar surface area (TPSA) is 38.0 Å². The number of thiophene rings is 1. The number of rotatable bonds is 5. The molecular formula is C13H15ClN2S. The summed E-state index contributed by atoms with van der Waals surface area (Å²) in [6.45, 7) is 0. The average Bonchev–Trinajstić information content (AvgIpc) is 2.83. The van der Waals surface area contributed by atoms with Crippen LogP contribution in [0.5, 0.6) is 0 Å². The van der Waals surface area contributed by atoms with E-state index in [4.69, 9.17) is 17.4 Å². The van der Waals surface area contributed by atoms with E-state index in [9.17, 15) is 0 Å². The van der Waals surface area contributed by atoms with Crippen molar-refractivity contribution < 1.29 is 0 Å². The zero-order valence-electron chi connectivity index (χ0n) is 9.40. The number of hydrogen-bond acceptors (Lipinski definition) is 3. The van der Waals surface area contributed by atoms with Gasteiger partial charge in [0.15, 0.2) is 0 Å². The molecule has 0 saturated heterocycles. The van der Waals surface area contributed by atoms with Crippen LogP contribution in [0.15, 0.2) is 41.8 Å². The van der Waals surface area contributed by atoms with Gasteiger partial charge in [-0.15, -0.1) is 11.3 Å². The molecule has 0 fully saturated rings. The minimum Gasteiger partial charge on any atom is -0.271 e. The third-order valence-corrected chi connectivity index (χ3v) is 3.88. The molecule has 1 unspecified atom stereocenters. The fourth-order valence-electron chi connectivity index (χ4n) is 1.81. The second-order valence-electron chi connectivity index (χ2n) is 3.89. The van der Waals surface area contributed by atoms with Crippen molar-refractivity contribution in [2.75, 3.05) is 0 Å². The second kappa shape index (κ2) is 6.17. The van der Waals surface area contributed by atoms with Gasteiger partial charge in [0.25, 0.3) is 0 Å². The first-order valence-electron chi connectivity index (χ1n) is 5.53. The Morgan fingerprint density at radius 3 is 2.82 bits per heavy atom. The molecule has 0 saturated carbocycles. The summed E-state index contributed by atoms with van der Waals surface area (Å²) in [5, 5.41) is 2.85. The highest BCUT2D eigenvalue weighted by Gasteiger charge is 2.10. The maximum atomic E-state index is 5.98. The summed E-state index contributed by atoms with van der Waals surface area (Å²) in [7, 11) is 0. The highest BCUT2D eigenvalue weighted by Crippen LogP contribution is 2.22. The number of benzene rings is 1. The average molecular weight is 267 g/mol. The van der Waals surface area contributed by atoms with Crippen LogP contribution in [0.2, 0.25) is 5.02 Å². The molecule has 0 bridgehead atoms. The molecule has 2 nitrogen and oxygen atoms in total. The SMILES string of the molecule is NNC(CCc1cccs1)c1cccc(Cl)c1. The summed E-state index contributed by atoms with van der Waals surface area (Å²) in [6.07, 6.45) is 2.00. The molecule has 0 aliphatic carbocycles. The molecule has 0 spiro atoms. The predicted octanol–water partition coefficient (Wildman–Crippen LogP) is 3.54. The minimum atomic E-state index is 0.149. The van der Waals surface area contributed by atoms with Crippen molar-refractivity contribution in [3.63, 3.8) is 0 Å². The number of hydrogen-bond donors (Lipinski definition) is 2. The first-order chi connectivity index (χ1) is 8.29. The van der Waals surface area contributed by atoms with Crippen LogP contribution in [0.1, 0.15) is 22.9 Å². The van der Waals surface area contributed by atoms with Crippen molar-refractivity contribution in [3.05, 3.63) is 57.2 Å². The van der Waals surface area contributed by atoms with Crippen molar-refractivity contribution in [2.24, 2.45) is 5.84 Å². The van der Waals surface area contributed by atoms with Crippen LogP contribution in [0.25, 0.3) is 0 Å². The van der Waals surface area contributed by atoms with Crippen molar-refractivity contribution in [1.29, 1.82) is 0 Å². The molecule has 1 aromatic heterocycles. The van der Waals surface area contributed by atoms with E-state index in [1.165, 1.54) is 4.88 Å². The van der Waals surface area contributed by atoms with Crippen LogP contribution in [-0.4, -0.2) is 0 Å². The zero-order valence-corrected chi connectivity index (χ0v) is 11.0. The first-order valence-corrected chi connectivity index (χ1v) is 6.79. The van der Waals surface area contributed by atoms with E-state index in [2.05, 4.69) is 22.9 Å². The summed E-state index contributed by atoms with van der Waals surface area (Å²) in [6, 6.07) is 12.2. The maximum Gasteiger partial charge on any atom is 0.0464 e. The Bertz CT molecular complexity index is 456. The van der Waals surface area contributed by atoms with Crippen LogP contribution >= 0.6 is 22.9 Å². The monoisotopic (exact) mass is 266 g/mol. The Morgan fingerprint density at radius 2 is 2.18 bits per heavy atom. The number of aryl methyl sites for hydroxylation is 1. The number of nitrogens with two attached hydrogens (primary N) is 1. The zero-order chi connectivity index (χ0) is 12.1. The standard InChI is InChI=1S/C13H15ClN2S/c14-11-4-1-3-10(9-11)13(16-15)7-6-12-5-2-8-17-12/h1-5,8-9,13,16H,6-7,15H2. The third-order valence-electron chi connectivity index (χ3n) is 2.71. The van der Waals surface area contributed by atoms with Gasteiger partial charge in [-0.25, -0.2) is 0 Å². The fraction of sp³-hybridized carbons (Fsp3) is 0.231. The lowest BCUT2D eigenvalue weighted by atomic mass is 10.0. The predicted molar refractivity (Wildman–Crippen MR) is 74.2 cm³/mol. The maximum absolute atomic E-state index is 5.98. The summed E-state index contributed by atoms with van der Waals surface area (Å²) < 4.78 is 0. The molecule has 3 N–H and O–H groups in total. The first kappa shape index (κ1) is 12.6. The molecule has 0 amide bonds. The Hall–Kier alpha value is -0.870. The van der Waals surface area contributed by atoms with Gasteiger partial charge in [0.1, 0.15) is 0 Å². The molecule has 0 aliphatic rings. The molecule has 17 heavy (non-hydrogen) atoms. The summed E-state index contributed by atoms with van der Waals surface area (Å²) in [5.74, 6) is 5.60. The van der Waals surface area contributed by atoms with Gasteiger partial charge in [-0.05, 0) is 42.0 Å². The van der Waals surface area contributed by atoms with Crippen LogP contribution in [0, 0.1) is 0 Å². The molecule has 0 radical (unpaired) electrons. The van der Waals surface area contributed by atoms with Crippen LogP contribution in [-0.2, 0) is 6.42 Å². The van der Waals surface area contributed by atoms with Gasteiger partial charge < -0.3 is 0 Å². The lowest BCUT2D eigenvalue weighted by molar-refractivity contribution is 0.518. The van der Waals surface area contributed by atoms with Gasteiger partial charge in [-0.2, -0.15) is 0 Å². The smallest absolute Gasteiger partial charge is 0.0464 e. The second-order valence-corrected chi connectivity index (χ2v) is 5.36. The van der Waals surface area contributed by atoms with E-state index in [0.717, 1.165) is 23.4 Å². The Morgan fingerprint density at radius 1 is 1.29 bits per heavy atom.